The third-order valence-corrected chi connectivity index (χ3v) is 2.32. The summed E-state index contributed by atoms with van der Waals surface area (Å²) in [5.74, 6) is -1.39. The van der Waals surface area contributed by atoms with Gasteiger partial charge in [0.15, 0.2) is 5.70 Å². The van der Waals surface area contributed by atoms with Crippen molar-refractivity contribution in [1.82, 2.24) is 5.48 Å². The largest absolute Gasteiger partial charge is 0.476 e. The molecule has 18 heavy (non-hydrogen) atoms. The second-order valence-corrected chi connectivity index (χ2v) is 3.87. The smallest absolute Gasteiger partial charge is 0.356 e. The fraction of sp³-hybridized carbons (Fsp3) is 0.308. The topological polar surface area (TPSA) is 58.6 Å². The minimum Gasteiger partial charge on any atom is -0.476 e. The van der Waals surface area contributed by atoms with Crippen LogP contribution >= 0.6 is 0 Å². The number of rotatable bonds is 7. The van der Waals surface area contributed by atoms with Crippen molar-refractivity contribution in [3.8, 4) is 0 Å². The number of hydrogen-bond donors (Lipinski definition) is 2. The molecular weight excluding hydrogens is 237 g/mol. The van der Waals surface area contributed by atoms with E-state index in [-0.39, 0.29) is 6.33 Å². The number of carbonyl (C=O) groups is 1. The van der Waals surface area contributed by atoms with E-state index < -0.39 is 11.7 Å². The molecule has 0 aliphatic rings. The van der Waals surface area contributed by atoms with Crippen LogP contribution in [0, 0.1) is 6.92 Å². The summed E-state index contributed by atoms with van der Waals surface area (Å²) in [6, 6.07) is 8.10. The molecule has 0 aromatic heterocycles. The van der Waals surface area contributed by atoms with Crippen molar-refractivity contribution in [3.63, 3.8) is 0 Å². The highest BCUT2D eigenvalue weighted by Gasteiger charge is 2.06. The Morgan fingerprint density at radius 2 is 2.33 bits per heavy atom. The average Bonchev–Trinajstić information content (AvgIpc) is 2.33. The molecule has 0 fully saturated rings. The van der Waals surface area contributed by atoms with Gasteiger partial charge in [-0.3, -0.25) is 10.3 Å². The lowest BCUT2D eigenvalue weighted by molar-refractivity contribution is -0.134. The SMILES string of the molecule is Cc1cccc(CCCONC(=CF)C(=O)O)c1. The second kappa shape index (κ2) is 7.45. The molecule has 0 aliphatic carbocycles. The van der Waals surface area contributed by atoms with Crippen LogP contribution in [0.2, 0.25) is 0 Å². The third kappa shape index (κ3) is 4.97. The van der Waals surface area contributed by atoms with Crippen LogP contribution in [0.15, 0.2) is 36.3 Å². The normalized spacial score (nSPS) is 11.3. The van der Waals surface area contributed by atoms with Gasteiger partial charge in [-0.1, -0.05) is 29.8 Å². The number of nitrogens with one attached hydrogen (secondary N) is 1. The van der Waals surface area contributed by atoms with Gasteiger partial charge in [-0.25, -0.2) is 9.18 Å². The second-order valence-electron chi connectivity index (χ2n) is 3.87. The number of aryl methyl sites for hydroxylation is 2. The van der Waals surface area contributed by atoms with E-state index in [1.54, 1.807) is 0 Å². The molecule has 0 heterocycles. The zero-order valence-electron chi connectivity index (χ0n) is 10.1. The maximum Gasteiger partial charge on any atom is 0.356 e. The van der Waals surface area contributed by atoms with Crippen molar-refractivity contribution in [3.05, 3.63) is 47.4 Å². The van der Waals surface area contributed by atoms with Gasteiger partial charge in [0.25, 0.3) is 0 Å². The van der Waals surface area contributed by atoms with Crippen molar-refractivity contribution < 1.29 is 19.1 Å². The van der Waals surface area contributed by atoms with Gasteiger partial charge in [0.1, 0.15) is 6.33 Å². The molecule has 0 amide bonds. The fourth-order valence-corrected chi connectivity index (χ4v) is 1.46. The number of carboxylic acids is 1. The van der Waals surface area contributed by atoms with Crippen molar-refractivity contribution >= 4 is 5.97 Å². The molecular formula is C13H16FNO3. The molecule has 0 aliphatic heterocycles. The van der Waals surface area contributed by atoms with E-state index in [0.717, 1.165) is 12.8 Å². The maximum absolute atomic E-state index is 12.0. The Kier molecular flexibility index (Phi) is 5.87. The predicted molar refractivity (Wildman–Crippen MR) is 65.4 cm³/mol. The Labute approximate surface area is 105 Å². The van der Waals surface area contributed by atoms with Crippen molar-refractivity contribution in [2.45, 2.75) is 19.8 Å². The van der Waals surface area contributed by atoms with Crippen LogP contribution < -0.4 is 5.48 Å². The molecule has 1 aromatic rings. The Morgan fingerprint density at radius 3 is 2.94 bits per heavy atom. The first-order valence-corrected chi connectivity index (χ1v) is 5.60. The lowest BCUT2D eigenvalue weighted by Crippen LogP contribution is -2.21. The van der Waals surface area contributed by atoms with Gasteiger partial charge >= 0.3 is 5.97 Å². The zero-order chi connectivity index (χ0) is 13.4. The number of carboxylic acid groups (broad SMARTS) is 1. The lowest BCUT2D eigenvalue weighted by Gasteiger charge is -2.06. The lowest BCUT2D eigenvalue weighted by atomic mass is 10.1. The summed E-state index contributed by atoms with van der Waals surface area (Å²) in [7, 11) is 0. The van der Waals surface area contributed by atoms with Crippen LogP contribution in [0.3, 0.4) is 0 Å². The molecule has 1 rings (SSSR count). The first-order valence-electron chi connectivity index (χ1n) is 5.60. The molecule has 0 bridgehead atoms. The summed E-state index contributed by atoms with van der Waals surface area (Å²) in [5, 5.41) is 8.49. The van der Waals surface area contributed by atoms with Gasteiger partial charge < -0.3 is 5.11 Å². The monoisotopic (exact) mass is 253 g/mol. The summed E-state index contributed by atoms with van der Waals surface area (Å²) in [6.45, 7) is 2.32. The van der Waals surface area contributed by atoms with Crippen molar-refractivity contribution in [2.75, 3.05) is 6.61 Å². The summed E-state index contributed by atoms with van der Waals surface area (Å²) in [4.78, 5) is 15.3. The molecule has 0 unspecified atom stereocenters. The third-order valence-electron chi connectivity index (χ3n) is 2.32. The van der Waals surface area contributed by atoms with Gasteiger partial charge in [0, 0.05) is 0 Å². The fourth-order valence-electron chi connectivity index (χ4n) is 1.46. The predicted octanol–water partition coefficient (Wildman–Crippen LogP) is 2.34. The average molecular weight is 253 g/mol. The zero-order valence-corrected chi connectivity index (χ0v) is 10.1. The van der Waals surface area contributed by atoms with Gasteiger partial charge in [-0.15, -0.1) is 0 Å². The van der Waals surface area contributed by atoms with Crippen LogP contribution in [-0.2, 0) is 16.1 Å². The molecule has 0 saturated carbocycles. The summed E-state index contributed by atoms with van der Waals surface area (Å²) < 4.78 is 12.0. The van der Waals surface area contributed by atoms with E-state index in [2.05, 4.69) is 11.5 Å². The van der Waals surface area contributed by atoms with Crippen molar-refractivity contribution in [1.29, 1.82) is 0 Å². The first-order chi connectivity index (χ1) is 8.63. The molecule has 0 saturated heterocycles. The Hall–Kier alpha value is -1.88. The minimum atomic E-state index is -1.39. The van der Waals surface area contributed by atoms with Gasteiger partial charge in [-0.2, -0.15) is 0 Å². The van der Waals surface area contributed by atoms with E-state index in [9.17, 15) is 9.18 Å². The number of benzene rings is 1. The minimum absolute atomic E-state index is 0.0388. The molecule has 4 nitrogen and oxygen atoms in total. The molecule has 0 radical (unpaired) electrons. The number of aliphatic carboxylic acids is 1. The molecule has 1 aromatic carbocycles. The highest BCUT2D eigenvalue weighted by atomic mass is 19.1. The Balaban J connectivity index is 2.21. The summed E-state index contributed by atoms with van der Waals surface area (Å²) >= 11 is 0. The highest BCUT2D eigenvalue weighted by molar-refractivity contribution is 5.85. The van der Waals surface area contributed by atoms with Gasteiger partial charge in [0.2, 0.25) is 0 Å². The van der Waals surface area contributed by atoms with Crippen LogP contribution in [0.5, 0.6) is 0 Å². The van der Waals surface area contributed by atoms with Crippen LogP contribution in [-0.4, -0.2) is 17.7 Å². The van der Waals surface area contributed by atoms with Crippen LogP contribution in [0.4, 0.5) is 4.39 Å². The molecule has 2 N–H and O–H groups in total. The number of hydrogen-bond acceptors (Lipinski definition) is 3. The van der Waals surface area contributed by atoms with Gasteiger partial charge in [-0.05, 0) is 25.3 Å². The summed E-state index contributed by atoms with van der Waals surface area (Å²) in [6.07, 6.45) is 1.50. The standard InChI is InChI=1S/C13H16FNO3/c1-10-4-2-5-11(8-10)6-3-7-18-15-12(9-14)13(16)17/h2,4-5,8-9,15H,3,6-7H2,1H3,(H,16,17). The highest BCUT2D eigenvalue weighted by Crippen LogP contribution is 2.06. The molecule has 98 valence electrons. The Morgan fingerprint density at radius 1 is 1.56 bits per heavy atom. The van der Waals surface area contributed by atoms with E-state index in [1.807, 2.05) is 25.1 Å². The maximum atomic E-state index is 12.0. The van der Waals surface area contributed by atoms with Crippen LogP contribution in [0.1, 0.15) is 17.5 Å². The summed E-state index contributed by atoms with van der Waals surface area (Å²) in [5.41, 5.74) is 3.83. The van der Waals surface area contributed by atoms with E-state index in [0.29, 0.717) is 6.61 Å². The van der Waals surface area contributed by atoms with Crippen molar-refractivity contribution in [2.24, 2.45) is 0 Å². The number of halogens is 1. The first kappa shape index (κ1) is 14.2. The molecule has 0 atom stereocenters. The quantitative estimate of drug-likeness (QED) is 0.445. The van der Waals surface area contributed by atoms with Crippen LogP contribution in [0.25, 0.3) is 0 Å². The Bertz CT molecular complexity index is 432. The van der Waals surface area contributed by atoms with E-state index in [1.165, 1.54) is 11.1 Å². The number of hydroxylamine groups is 1. The van der Waals surface area contributed by atoms with Gasteiger partial charge in [0.05, 0.1) is 6.61 Å². The molecule has 5 heteroatoms. The van der Waals surface area contributed by atoms with E-state index >= 15 is 0 Å². The molecule has 0 spiro atoms. The van der Waals surface area contributed by atoms with E-state index in [4.69, 9.17) is 9.94 Å².